The molecule has 2 rings (SSSR count). The van der Waals surface area contributed by atoms with Crippen LogP contribution >= 0.6 is 23.2 Å². The van der Waals surface area contributed by atoms with Crippen LogP contribution in [0.15, 0.2) is 0 Å². The fourth-order valence-corrected chi connectivity index (χ4v) is 4.17. The van der Waals surface area contributed by atoms with E-state index in [0.717, 1.165) is 25.7 Å². The number of nitrogens with zero attached hydrogens (tertiary/aromatic N) is 4. The minimum atomic E-state index is -0.136. The van der Waals surface area contributed by atoms with Gasteiger partial charge in [-0.15, -0.1) is 0 Å². The zero-order chi connectivity index (χ0) is 18.8. The van der Waals surface area contributed by atoms with E-state index in [9.17, 15) is 0 Å². The van der Waals surface area contributed by atoms with Gasteiger partial charge in [-0.2, -0.15) is 20.0 Å². The van der Waals surface area contributed by atoms with E-state index in [-0.39, 0.29) is 33.8 Å². The molecule has 0 atom stereocenters. The second-order valence-corrected chi connectivity index (χ2v) is 8.59. The molecule has 1 saturated heterocycles. The number of hydroxylamine groups is 2. The number of nitrogens with one attached hydrogen (secondary N) is 1. The van der Waals surface area contributed by atoms with Gasteiger partial charge in [0.15, 0.2) is 0 Å². The van der Waals surface area contributed by atoms with E-state index in [0.29, 0.717) is 5.95 Å². The Labute approximate surface area is 160 Å². The topological polar surface area (TPSA) is 63.2 Å². The largest absolute Gasteiger partial charge is 0.351 e. The highest BCUT2D eigenvalue weighted by molar-refractivity contribution is 6.31. The van der Waals surface area contributed by atoms with Crippen molar-refractivity contribution >= 4 is 29.2 Å². The van der Waals surface area contributed by atoms with Crippen molar-refractivity contribution in [1.29, 1.82) is 0 Å². The predicted octanol–water partition coefficient (Wildman–Crippen LogP) is 4.73. The van der Waals surface area contributed by atoms with E-state index >= 15 is 0 Å². The van der Waals surface area contributed by atoms with Gasteiger partial charge in [0, 0.05) is 17.1 Å². The van der Waals surface area contributed by atoms with Gasteiger partial charge in [0.2, 0.25) is 16.5 Å². The lowest BCUT2D eigenvalue weighted by atomic mass is 9.79. The van der Waals surface area contributed by atoms with Crippen LogP contribution in [0, 0.1) is 0 Å². The van der Waals surface area contributed by atoms with Crippen molar-refractivity contribution in [2.75, 3.05) is 5.32 Å². The highest BCUT2D eigenvalue weighted by atomic mass is 35.5. The van der Waals surface area contributed by atoms with Gasteiger partial charge in [0.05, 0.1) is 6.10 Å². The molecule has 1 aliphatic heterocycles. The number of rotatable bonds is 6. The molecule has 8 heteroatoms. The second-order valence-electron chi connectivity index (χ2n) is 7.91. The van der Waals surface area contributed by atoms with Crippen LogP contribution in [0.3, 0.4) is 0 Å². The number of halogens is 2. The summed E-state index contributed by atoms with van der Waals surface area (Å²) in [5.74, 6) is 0.413. The first-order chi connectivity index (χ1) is 11.6. The third kappa shape index (κ3) is 5.16. The van der Waals surface area contributed by atoms with Crippen LogP contribution in [0.25, 0.3) is 0 Å². The van der Waals surface area contributed by atoms with E-state index in [1.165, 1.54) is 0 Å². The molecule has 0 aliphatic carbocycles. The lowest BCUT2D eigenvalue weighted by molar-refractivity contribution is -0.306. The summed E-state index contributed by atoms with van der Waals surface area (Å²) in [6.45, 7) is 13.2. The molecule has 6 nitrogen and oxygen atoms in total. The summed E-state index contributed by atoms with van der Waals surface area (Å²) in [6, 6.07) is 0.182. The van der Waals surface area contributed by atoms with Crippen LogP contribution in [-0.2, 0) is 4.84 Å². The Bertz CT molecular complexity index is 554. The maximum absolute atomic E-state index is 6.38. The predicted molar refractivity (Wildman–Crippen MR) is 102 cm³/mol. The van der Waals surface area contributed by atoms with Crippen LogP contribution < -0.4 is 5.32 Å². The van der Waals surface area contributed by atoms with Crippen molar-refractivity contribution in [1.82, 2.24) is 20.0 Å². The van der Waals surface area contributed by atoms with E-state index in [4.69, 9.17) is 28.0 Å². The third-order valence-corrected chi connectivity index (χ3v) is 5.01. The fraction of sp³-hybridized carbons (Fsp3) is 0.824. The van der Waals surface area contributed by atoms with Crippen molar-refractivity contribution in [3.8, 4) is 0 Å². The molecule has 0 spiro atoms. The van der Waals surface area contributed by atoms with Gasteiger partial charge in [-0.3, -0.25) is 4.84 Å². The molecular weight excluding hydrogens is 361 g/mol. The Morgan fingerprint density at radius 1 is 1.04 bits per heavy atom. The first kappa shape index (κ1) is 20.6. The van der Waals surface area contributed by atoms with Gasteiger partial charge in [-0.1, -0.05) is 13.8 Å². The molecule has 0 amide bonds. The van der Waals surface area contributed by atoms with Crippen LogP contribution in [0.1, 0.15) is 67.2 Å². The molecule has 0 radical (unpaired) electrons. The summed E-state index contributed by atoms with van der Waals surface area (Å²) in [4.78, 5) is 18.4. The van der Waals surface area contributed by atoms with Crippen molar-refractivity contribution in [3.05, 3.63) is 10.6 Å². The van der Waals surface area contributed by atoms with Crippen LogP contribution in [-0.4, -0.2) is 43.2 Å². The van der Waals surface area contributed by atoms with E-state index in [1.54, 1.807) is 0 Å². The molecule has 0 aromatic carbocycles. The number of anilines is 1. The third-order valence-electron chi connectivity index (χ3n) is 4.67. The Hall–Kier alpha value is -0.690. The van der Waals surface area contributed by atoms with E-state index < -0.39 is 0 Å². The van der Waals surface area contributed by atoms with Crippen molar-refractivity contribution < 1.29 is 4.84 Å². The van der Waals surface area contributed by atoms with Gasteiger partial charge in [-0.05, 0) is 76.6 Å². The summed E-state index contributed by atoms with van der Waals surface area (Å²) in [5, 5.41) is 5.73. The Morgan fingerprint density at radius 2 is 1.52 bits per heavy atom. The average Bonchev–Trinajstić information content (AvgIpc) is 2.44. The summed E-state index contributed by atoms with van der Waals surface area (Å²) >= 11 is 11.8. The van der Waals surface area contributed by atoms with Crippen LogP contribution in [0.5, 0.6) is 0 Å². The Morgan fingerprint density at radius 3 is 1.96 bits per heavy atom. The van der Waals surface area contributed by atoms with Gasteiger partial charge >= 0.3 is 0 Å². The fourth-order valence-electron chi connectivity index (χ4n) is 3.81. The highest BCUT2D eigenvalue weighted by Crippen LogP contribution is 2.40. The Balaban J connectivity index is 2.16. The number of piperidine rings is 1. The standard InChI is InChI=1S/C17H29Cl2N5O/c1-7-12(8-2)25-24-16(3,4)9-11(10-17(24,5)6)20-15-22-13(18)21-14(19)23-15/h11-12H,7-10H2,1-6H3,(H,20,21,22,23). The molecule has 2 heterocycles. The van der Waals surface area contributed by atoms with Crippen LogP contribution in [0.2, 0.25) is 10.6 Å². The monoisotopic (exact) mass is 389 g/mol. The lowest BCUT2D eigenvalue weighted by Crippen LogP contribution is -2.63. The van der Waals surface area contributed by atoms with Gasteiger partial charge in [0.1, 0.15) is 0 Å². The molecule has 1 fully saturated rings. The molecule has 0 saturated carbocycles. The maximum Gasteiger partial charge on any atom is 0.228 e. The molecule has 0 bridgehead atoms. The second kappa shape index (κ2) is 7.91. The zero-order valence-electron chi connectivity index (χ0n) is 15.9. The number of aromatic nitrogens is 3. The molecule has 1 aromatic heterocycles. The molecule has 0 unspecified atom stereocenters. The van der Waals surface area contributed by atoms with Crippen LogP contribution in [0.4, 0.5) is 5.95 Å². The molecule has 1 aromatic rings. The van der Waals surface area contributed by atoms with Crippen molar-refractivity contribution in [3.63, 3.8) is 0 Å². The van der Waals surface area contributed by atoms with E-state index in [1.807, 2.05) is 0 Å². The summed E-state index contributed by atoms with van der Waals surface area (Å²) < 4.78 is 0. The minimum Gasteiger partial charge on any atom is -0.351 e. The number of hydrogen-bond donors (Lipinski definition) is 1. The minimum absolute atomic E-state index is 0.0931. The van der Waals surface area contributed by atoms with Crippen molar-refractivity contribution in [2.45, 2.75) is 90.4 Å². The quantitative estimate of drug-likeness (QED) is 0.758. The normalized spacial score (nSPS) is 20.8. The SMILES string of the molecule is CCC(CC)ON1C(C)(C)CC(Nc2nc(Cl)nc(Cl)n2)CC1(C)C. The molecule has 142 valence electrons. The average molecular weight is 390 g/mol. The first-order valence-corrected chi connectivity index (χ1v) is 9.63. The number of hydrogen-bond acceptors (Lipinski definition) is 6. The van der Waals surface area contributed by atoms with Gasteiger partial charge < -0.3 is 5.32 Å². The molecule has 1 N–H and O–H groups in total. The molecular formula is C17H29Cl2N5O. The molecule has 1 aliphatic rings. The van der Waals surface area contributed by atoms with Crippen molar-refractivity contribution in [2.24, 2.45) is 0 Å². The maximum atomic E-state index is 6.38. The molecule has 25 heavy (non-hydrogen) atoms. The van der Waals surface area contributed by atoms with E-state index in [2.05, 4.69) is 66.9 Å². The lowest BCUT2D eigenvalue weighted by Gasteiger charge is -2.54. The smallest absolute Gasteiger partial charge is 0.228 e. The Kier molecular flexibility index (Phi) is 6.52. The highest BCUT2D eigenvalue weighted by Gasteiger charge is 2.47. The zero-order valence-corrected chi connectivity index (χ0v) is 17.4. The summed E-state index contributed by atoms with van der Waals surface area (Å²) in [7, 11) is 0. The summed E-state index contributed by atoms with van der Waals surface area (Å²) in [6.07, 6.45) is 4.02. The van der Waals surface area contributed by atoms with Gasteiger partial charge in [0.25, 0.3) is 0 Å². The first-order valence-electron chi connectivity index (χ1n) is 8.88. The van der Waals surface area contributed by atoms with Gasteiger partial charge in [-0.25, -0.2) is 0 Å². The summed E-state index contributed by atoms with van der Waals surface area (Å²) in [5.41, 5.74) is -0.273.